The number of para-hydroxylation sites is 1. The molecule has 1 unspecified atom stereocenters. The van der Waals surface area contributed by atoms with Crippen LogP contribution in [0.1, 0.15) is 6.42 Å². The molecule has 0 spiro atoms. The number of rotatable bonds is 5. The number of ether oxygens (including phenoxy) is 1. The van der Waals surface area contributed by atoms with Crippen molar-refractivity contribution in [1.82, 2.24) is 9.78 Å². The fourth-order valence-electron chi connectivity index (χ4n) is 3.25. The first kappa shape index (κ1) is 17.8. The molecule has 1 aliphatic rings. The number of anilines is 2. The van der Waals surface area contributed by atoms with Crippen molar-refractivity contribution in [3.05, 3.63) is 67.0 Å². The van der Waals surface area contributed by atoms with Crippen LogP contribution < -0.4 is 15.0 Å². The van der Waals surface area contributed by atoms with Crippen LogP contribution in [0.3, 0.4) is 0 Å². The van der Waals surface area contributed by atoms with E-state index in [1.165, 1.54) is 0 Å². The van der Waals surface area contributed by atoms with E-state index in [4.69, 9.17) is 4.74 Å². The van der Waals surface area contributed by atoms with Gasteiger partial charge in [0, 0.05) is 18.7 Å². The molecule has 7 nitrogen and oxygen atoms in total. The maximum absolute atomic E-state index is 12.6. The maximum Gasteiger partial charge on any atom is 0.229 e. The summed E-state index contributed by atoms with van der Waals surface area (Å²) in [6.07, 6.45) is 3.54. The summed E-state index contributed by atoms with van der Waals surface area (Å²) in [6, 6.07) is 16.9. The number of hydrogen-bond donors (Lipinski definition) is 1. The second-order valence-electron chi connectivity index (χ2n) is 6.60. The zero-order chi connectivity index (χ0) is 19.5. The molecular weight excluding hydrogens is 356 g/mol. The van der Waals surface area contributed by atoms with Gasteiger partial charge in [0.1, 0.15) is 5.75 Å². The van der Waals surface area contributed by atoms with E-state index < -0.39 is 5.92 Å². The van der Waals surface area contributed by atoms with Crippen molar-refractivity contribution in [1.29, 1.82) is 0 Å². The summed E-state index contributed by atoms with van der Waals surface area (Å²) in [7, 11) is 1.59. The highest BCUT2D eigenvalue weighted by molar-refractivity contribution is 6.03. The van der Waals surface area contributed by atoms with Crippen LogP contribution in [0.2, 0.25) is 0 Å². The molecule has 142 valence electrons. The van der Waals surface area contributed by atoms with Crippen molar-refractivity contribution in [2.45, 2.75) is 6.42 Å². The standard InChI is InChI=1S/C21H20N4O3/c1-28-19-9-7-17(8-10-19)24-13-15(11-20(24)26)21(27)23-16-12-22-25(14-16)18-5-3-2-4-6-18/h2-10,12,14-15H,11,13H2,1H3,(H,23,27). The number of nitrogens with one attached hydrogen (secondary N) is 1. The molecule has 1 fully saturated rings. The van der Waals surface area contributed by atoms with E-state index in [-0.39, 0.29) is 18.2 Å². The van der Waals surface area contributed by atoms with Gasteiger partial charge in [0.25, 0.3) is 0 Å². The lowest BCUT2D eigenvalue weighted by Crippen LogP contribution is -2.28. The number of carbonyl (C=O) groups excluding carboxylic acids is 2. The average Bonchev–Trinajstić information content (AvgIpc) is 3.35. The van der Waals surface area contributed by atoms with Crippen LogP contribution in [-0.2, 0) is 9.59 Å². The van der Waals surface area contributed by atoms with E-state index in [2.05, 4.69) is 10.4 Å². The molecule has 1 N–H and O–H groups in total. The average molecular weight is 376 g/mol. The first-order valence-electron chi connectivity index (χ1n) is 8.99. The van der Waals surface area contributed by atoms with Crippen molar-refractivity contribution in [3.8, 4) is 11.4 Å². The molecule has 1 aromatic heterocycles. The minimum absolute atomic E-state index is 0.0645. The van der Waals surface area contributed by atoms with Crippen LogP contribution in [0, 0.1) is 5.92 Å². The highest BCUT2D eigenvalue weighted by Gasteiger charge is 2.35. The van der Waals surface area contributed by atoms with E-state index >= 15 is 0 Å². The zero-order valence-corrected chi connectivity index (χ0v) is 15.4. The number of carbonyl (C=O) groups is 2. The zero-order valence-electron chi connectivity index (χ0n) is 15.4. The second-order valence-corrected chi connectivity index (χ2v) is 6.60. The van der Waals surface area contributed by atoms with Crippen LogP contribution in [0.5, 0.6) is 5.75 Å². The smallest absolute Gasteiger partial charge is 0.229 e. The van der Waals surface area contributed by atoms with Gasteiger partial charge in [0.2, 0.25) is 11.8 Å². The quantitative estimate of drug-likeness (QED) is 0.743. The van der Waals surface area contributed by atoms with Crippen LogP contribution in [0.4, 0.5) is 11.4 Å². The maximum atomic E-state index is 12.6. The summed E-state index contributed by atoms with van der Waals surface area (Å²) < 4.78 is 6.84. The Labute approximate surface area is 162 Å². The molecule has 1 aliphatic heterocycles. The summed E-state index contributed by atoms with van der Waals surface area (Å²) in [4.78, 5) is 26.7. The Morgan fingerprint density at radius 2 is 1.86 bits per heavy atom. The number of aromatic nitrogens is 2. The van der Waals surface area contributed by atoms with E-state index in [0.29, 0.717) is 12.2 Å². The van der Waals surface area contributed by atoms with Crippen LogP contribution >= 0.6 is 0 Å². The Balaban J connectivity index is 1.41. The second kappa shape index (κ2) is 7.56. The van der Waals surface area contributed by atoms with Gasteiger partial charge in [-0.25, -0.2) is 4.68 Å². The predicted octanol–water partition coefficient (Wildman–Crippen LogP) is 2.87. The Hall–Kier alpha value is -3.61. The topological polar surface area (TPSA) is 76.5 Å². The van der Waals surface area contributed by atoms with Gasteiger partial charge in [-0.2, -0.15) is 5.10 Å². The van der Waals surface area contributed by atoms with E-state index in [0.717, 1.165) is 17.1 Å². The Morgan fingerprint density at radius 1 is 1.11 bits per heavy atom. The number of hydrogen-bond acceptors (Lipinski definition) is 4. The summed E-state index contributed by atoms with van der Waals surface area (Å²) in [6.45, 7) is 0.351. The molecule has 0 radical (unpaired) electrons. The minimum Gasteiger partial charge on any atom is -0.497 e. The Bertz CT molecular complexity index is 982. The third-order valence-electron chi connectivity index (χ3n) is 4.75. The Kier molecular flexibility index (Phi) is 4.80. The molecule has 2 amide bonds. The van der Waals surface area contributed by atoms with Gasteiger partial charge in [0.05, 0.1) is 36.8 Å². The SMILES string of the molecule is COc1ccc(N2CC(C(=O)Nc3cnn(-c4ccccc4)c3)CC2=O)cc1. The number of nitrogens with zero attached hydrogens (tertiary/aromatic N) is 3. The summed E-state index contributed by atoms with van der Waals surface area (Å²) in [5.74, 6) is 0.0667. The molecule has 0 aliphatic carbocycles. The van der Waals surface area contributed by atoms with E-state index in [1.807, 2.05) is 42.5 Å². The first-order chi connectivity index (χ1) is 13.6. The molecule has 3 aromatic rings. The normalized spacial score (nSPS) is 16.2. The number of benzene rings is 2. The summed E-state index contributed by atoms with van der Waals surface area (Å²) in [5, 5.41) is 7.14. The fraction of sp³-hybridized carbons (Fsp3) is 0.190. The number of methoxy groups -OCH3 is 1. The van der Waals surface area contributed by atoms with Crippen LogP contribution in [0.15, 0.2) is 67.0 Å². The first-order valence-corrected chi connectivity index (χ1v) is 8.99. The molecule has 28 heavy (non-hydrogen) atoms. The number of amides is 2. The fourth-order valence-corrected chi connectivity index (χ4v) is 3.25. The highest BCUT2D eigenvalue weighted by Crippen LogP contribution is 2.27. The van der Waals surface area contributed by atoms with E-state index in [9.17, 15) is 9.59 Å². The van der Waals surface area contributed by atoms with Gasteiger partial charge in [-0.1, -0.05) is 18.2 Å². The molecule has 2 aromatic carbocycles. The third kappa shape index (κ3) is 3.59. The van der Waals surface area contributed by atoms with Crippen molar-refractivity contribution in [3.63, 3.8) is 0 Å². The van der Waals surface area contributed by atoms with Gasteiger partial charge < -0.3 is 15.0 Å². The van der Waals surface area contributed by atoms with Gasteiger partial charge in [-0.05, 0) is 36.4 Å². The van der Waals surface area contributed by atoms with Crippen molar-refractivity contribution in [2.24, 2.45) is 5.92 Å². The monoisotopic (exact) mass is 376 g/mol. The molecule has 1 saturated heterocycles. The molecule has 0 saturated carbocycles. The lowest BCUT2D eigenvalue weighted by molar-refractivity contribution is -0.122. The van der Waals surface area contributed by atoms with Crippen LogP contribution in [0.25, 0.3) is 5.69 Å². The molecular formula is C21H20N4O3. The Morgan fingerprint density at radius 3 is 2.57 bits per heavy atom. The minimum atomic E-state index is -0.408. The lowest BCUT2D eigenvalue weighted by Gasteiger charge is -2.17. The molecule has 7 heteroatoms. The van der Waals surface area contributed by atoms with Gasteiger partial charge in [0.15, 0.2) is 0 Å². The third-order valence-corrected chi connectivity index (χ3v) is 4.75. The van der Waals surface area contributed by atoms with Crippen molar-refractivity contribution in [2.75, 3.05) is 23.9 Å². The molecule has 0 bridgehead atoms. The van der Waals surface area contributed by atoms with Gasteiger partial charge in [-0.15, -0.1) is 0 Å². The largest absolute Gasteiger partial charge is 0.497 e. The highest BCUT2D eigenvalue weighted by atomic mass is 16.5. The summed E-state index contributed by atoms with van der Waals surface area (Å²) >= 11 is 0. The lowest BCUT2D eigenvalue weighted by atomic mass is 10.1. The van der Waals surface area contributed by atoms with Crippen molar-refractivity contribution >= 4 is 23.2 Å². The van der Waals surface area contributed by atoms with Crippen molar-refractivity contribution < 1.29 is 14.3 Å². The molecule has 1 atom stereocenters. The summed E-state index contributed by atoms with van der Waals surface area (Å²) in [5.41, 5.74) is 2.27. The van der Waals surface area contributed by atoms with E-state index in [1.54, 1.807) is 41.2 Å². The van der Waals surface area contributed by atoms with Crippen LogP contribution in [-0.4, -0.2) is 35.2 Å². The predicted molar refractivity (Wildman–Crippen MR) is 106 cm³/mol. The van der Waals surface area contributed by atoms with Gasteiger partial charge in [-0.3, -0.25) is 9.59 Å². The molecule has 4 rings (SSSR count). The van der Waals surface area contributed by atoms with Gasteiger partial charge >= 0.3 is 0 Å². The molecule has 2 heterocycles.